The molecule has 3 aromatic carbocycles. The first kappa shape index (κ1) is 32.2. The summed E-state index contributed by atoms with van der Waals surface area (Å²) in [6.07, 6.45) is 3.51. The highest BCUT2D eigenvalue weighted by atomic mass is 35.5. The Morgan fingerprint density at radius 2 is 1.59 bits per heavy atom. The number of benzene rings is 3. The molecule has 0 aliphatic carbocycles. The molecular formula is C32H40ClN3O4S. The largest absolute Gasteiger partial charge is 0.354 e. The van der Waals surface area contributed by atoms with E-state index in [0.717, 1.165) is 29.5 Å². The number of aryl methyl sites for hydroxylation is 1. The summed E-state index contributed by atoms with van der Waals surface area (Å²) in [5.41, 5.74) is 3.42. The molecule has 0 saturated carbocycles. The van der Waals surface area contributed by atoms with Crippen LogP contribution in [0.3, 0.4) is 0 Å². The van der Waals surface area contributed by atoms with E-state index in [9.17, 15) is 18.0 Å². The zero-order chi connectivity index (χ0) is 29.8. The molecule has 1 N–H and O–H groups in total. The minimum absolute atomic E-state index is 0.0754. The summed E-state index contributed by atoms with van der Waals surface area (Å²) in [7, 11) is -3.56. The molecule has 41 heavy (non-hydrogen) atoms. The van der Waals surface area contributed by atoms with E-state index < -0.39 is 16.1 Å². The number of halogens is 1. The number of carbonyl (C=O) groups is 2. The maximum Gasteiger partial charge on any atom is 0.243 e. The maximum atomic E-state index is 13.8. The van der Waals surface area contributed by atoms with Crippen molar-refractivity contribution in [3.8, 4) is 0 Å². The van der Waals surface area contributed by atoms with Crippen molar-refractivity contribution >= 4 is 39.1 Å². The molecule has 0 bridgehead atoms. The van der Waals surface area contributed by atoms with Crippen LogP contribution in [-0.2, 0) is 39.0 Å². The average molecular weight is 598 g/mol. The molecule has 0 aliphatic rings. The van der Waals surface area contributed by atoms with Crippen LogP contribution in [-0.4, -0.2) is 50.5 Å². The third kappa shape index (κ3) is 9.90. The van der Waals surface area contributed by atoms with Crippen LogP contribution in [0, 0.1) is 0 Å². The fourth-order valence-electron chi connectivity index (χ4n) is 4.65. The van der Waals surface area contributed by atoms with Crippen LogP contribution in [0.15, 0.2) is 78.9 Å². The number of nitrogens with zero attached hydrogens (tertiary/aromatic N) is 2. The average Bonchev–Trinajstić information content (AvgIpc) is 2.95. The predicted octanol–water partition coefficient (Wildman–Crippen LogP) is 5.61. The molecule has 0 fully saturated rings. The highest BCUT2D eigenvalue weighted by Gasteiger charge is 2.30. The minimum Gasteiger partial charge on any atom is -0.354 e. The minimum atomic E-state index is -3.56. The Kier molecular flexibility index (Phi) is 12.2. The molecule has 0 aromatic heterocycles. The molecule has 0 saturated heterocycles. The van der Waals surface area contributed by atoms with Crippen LogP contribution < -0.4 is 9.62 Å². The van der Waals surface area contributed by atoms with Gasteiger partial charge in [-0.2, -0.15) is 0 Å². The zero-order valence-corrected chi connectivity index (χ0v) is 25.6. The first-order valence-electron chi connectivity index (χ1n) is 14.0. The quantitative estimate of drug-likeness (QED) is 0.247. The Balaban J connectivity index is 1.86. The van der Waals surface area contributed by atoms with Crippen LogP contribution in [0.25, 0.3) is 0 Å². The van der Waals surface area contributed by atoms with Gasteiger partial charge in [-0.1, -0.05) is 80.0 Å². The summed E-state index contributed by atoms with van der Waals surface area (Å²) < 4.78 is 26.6. The lowest BCUT2D eigenvalue weighted by Gasteiger charge is -2.32. The Morgan fingerprint density at radius 3 is 2.20 bits per heavy atom. The van der Waals surface area contributed by atoms with Gasteiger partial charge < -0.3 is 10.2 Å². The van der Waals surface area contributed by atoms with Gasteiger partial charge in [0.1, 0.15) is 6.04 Å². The van der Waals surface area contributed by atoms with Crippen molar-refractivity contribution in [2.45, 2.75) is 58.5 Å². The maximum absolute atomic E-state index is 13.8. The molecule has 1 atom stereocenters. The van der Waals surface area contributed by atoms with Gasteiger partial charge in [-0.25, -0.2) is 8.42 Å². The molecule has 9 heteroatoms. The van der Waals surface area contributed by atoms with Gasteiger partial charge in [0.2, 0.25) is 21.8 Å². The Bertz CT molecular complexity index is 1380. The molecule has 0 aliphatic heterocycles. The number of carbonyl (C=O) groups excluding carboxylic acids is 2. The van der Waals surface area contributed by atoms with Gasteiger partial charge in [0.05, 0.1) is 11.9 Å². The normalized spacial score (nSPS) is 12.0. The third-order valence-corrected chi connectivity index (χ3v) is 8.28. The van der Waals surface area contributed by atoms with Crippen LogP contribution >= 0.6 is 11.6 Å². The van der Waals surface area contributed by atoms with Crippen LogP contribution in [0.5, 0.6) is 0 Å². The molecule has 0 spiro atoms. The van der Waals surface area contributed by atoms with Crippen LogP contribution in [0.4, 0.5) is 5.69 Å². The summed E-state index contributed by atoms with van der Waals surface area (Å²) in [6.45, 7) is 4.86. The smallest absolute Gasteiger partial charge is 0.243 e. The lowest BCUT2D eigenvalue weighted by Crippen LogP contribution is -2.50. The van der Waals surface area contributed by atoms with Crippen molar-refractivity contribution in [2.75, 3.05) is 23.7 Å². The van der Waals surface area contributed by atoms with Gasteiger partial charge >= 0.3 is 0 Å². The lowest BCUT2D eigenvalue weighted by molar-refractivity contribution is -0.141. The van der Waals surface area contributed by atoms with Crippen LogP contribution in [0.1, 0.15) is 49.8 Å². The van der Waals surface area contributed by atoms with Crippen molar-refractivity contribution in [2.24, 2.45) is 0 Å². The predicted molar refractivity (Wildman–Crippen MR) is 166 cm³/mol. The molecule has 3 rings (SSSR count). The topological polar surface area (TPSA) is 86.8 Å². The molecule has 0 heterocycles. The van der Waals surface area contributed by atoms with Gasteiger partial charge in [-0.3, -0.25) is 13.9 Å². The highest BCUT2D eigenvalue weighted by molar-refractivity contribution is 7.92. The molecular weight excluding hydrogens is 558 g/mol. The summed E-state index contributed by atoms with van der Waals surface area (Å²) in [6, 6.07) is 23.5. The zero-order valence-electron chi connectivity index (χ0n) is 24.1. The Morgan fingerprint density at radius 1 is 0.902 bits per heavy atom. The number of sulfonamides is 1. The van der Waals surface area contributed by atoms with Crippen molar-refractivity contribution in [1.29, 1.82) is 0 Å². The van der Waals surface area contributed by atoms with Gasteiger partial charge in [0, 0.05) is 37.5 Å². The second kappa shape index (κ2) is 15.6. The molecule has 220 valence electrons. The first-order chi connectivity index (χ1) is 19.6. The highest BCUT2D eigenvalue weighted by Crippen LogP contribution is 2.22. The van der Waals surface area contributed by atoms with Crippen molar-refractivity contribution in [3.05, 3.63) is 101 Å². The van der Waals surface area contributed by atoms with E-state index in [2.05, 4.69) is 5.32 Å². The summed E-state index contributed by atoms with van der Waals surface area (Å²) in [5, 5.41) is 3.51. The molecule has 0 unspecified atom stereocenters. The van der Waals surface area contributed by atoms with Gasteiger partial charge in [0.15, 0.2) is 0 Å². The van der Waals surface area contributed by atoms with E-state index in [1.807, 2.05) is 68.4 Å². The van der Waals surface area contributed by atoms with E-state index in [1.165, 1.54) is 10.6 Å². The van der Waals surface area contributed by atoms with E-state index in [-0.39, 0.29) is 31.3 Å². The fourth-order valence-corrected chi connectivity index (χ4v) is 5.83. The van der Waals surface area contributed by atoms with Crippen molar-refractivity contribution in [1.82, 2.24) is 10.2 Å². The first-order valence-corrected chi connectivity index (χ1v) is 16.3. The van der Waals surface area contributed by atoms with Crippen LogP contribution in [0.2, 0.25) is 5.02 Å². The van der Waals surface area contributed by atoms with E-state index >= 15 is 0 Å². The second-order valence-corrected chi connectivity index (χ2v) is 12.5. The van der Waals surface area contributed by atoms with Gasteiger partial charge in [-0.15, -0.1) is 0 Å². The number of hydrogen-bond donors (Lipinski definition) is 1. The van der Waals surface area contributed by atoms with E-state index in [0.29, 0.717) is 30.1 Å². The van der Waals surface area contributed by atoms with Gasteiger partial charge in [0.25, 0.3) is 0 Å². The van der Waals surface area contributed by atoms with Crippen molar-refractivity contribution < 1.29 is 18.0 Å². The standard InChI is InChI=1S/C32H40ClN3O4S/c1-4-20-34-32(38)30(23-26-11-7-6-8-12-26)35(24-27-13-9-14-28(33)22-27)31(37)15-10-21-36(41(3,39)40)29-18-16-25(5-2)17-19-29/h6-9,11-14,16-19,22,30H,4-5,10,15,20-21,23-24H2,1-3H3,(H,34,38)/t30-/m0/s1. The number of amides is 2. The lowest BCUT2D eigenvalue weighted by atomic mass is 10.0. The number of rotatable bonds is 15. The molecule has 7 nitrogen and oxygen atoms in total. The SMILES string of the molecule is CCCNC(=O)[C@H](Cc1ccccc1)N(Cc1cccc(Cl)c1)C(=O)CCCN(c1ccc(CC)cc1)S(C)(=O)=O. The monoisotopic (exact) mass is 597 g/mol. The summed E-state index contributed by atoms with van der Waals surface area (Å²) in [5.74, 6) is -0.452. The summed E-state index contributed by atoms with van der Waals surface area (Å²) >= 11 is 6.24. The Hall–Kier alpha value is -3.36. The molecule has 3 aromatic rings. The van der Waals surface area contributed by atoms with Gasteiger partial charge in [-0.05, 0) is 60.2 Å². The summed E-state index contributed by atoms with van der Waals surface area (Å²) in [4.78, 5) is 28.9. The number of nitrogens with one attached hydrogen (secondary N) is 1. The number of hydrogen-bond acceptors (Lipinski definition) is 4. The number of anilines is 1. The molecule has 0 radical (unpaired) electrons. The fraction of sp³-hybridized carbons (Fsp3) is 0.375. The molecule has 2 amide bonds. The van der Waals surface area contributed by atoms with E-state index in [1.54, 1.807) is 29.2 Å². The third-order valence-electron chi connectivity index (χ3n) is 6.85. The van der Waals surface area contributed by atoms with E-state index in [4.69, 9.17) is 11.6 Å². The van der Waals surface area contributed by atoms with Crippen molar-refractivity contribution in [3.63, 3.8) is 0 Å². The Labute approximate surface area is 249 Å². The second-order valence-electron chi connectivity index (χ2n) is 10.1.